The van der Waals surface area contributed by atoms with Crippen molar-refractivity contribution in [2.45, 2.75) is 12.8 Å². The van der Waals surface area contributed by atoms with Crippen LogP contribution >= 0.6 is 0 Å². The molecule has 0 bridgehead atoms. The third-order valence-electron chi connectivity index (χ3n) is 5.80. The Hall–Kier alpha value is -3.68. The molecule has 33 heavy (non-hydrogen) atoms. The zero-order valence-corrected chi connectivity index (χ0v) is 19.6. The summed E-state index contributed by atoms with van der Waals surface area (Å²) in [6.07, 6.45) is 0. The molecule has 0 aromatic heterocycles. The molecule has 2 aromatic carbocycles. The third kappa shape index (κ3) is 4.20. The second-order valence-corrected chi connectivity index (χ2v) is 7.46. The molecule has 2 aromatic rings. The molecule has 0 radical (unpaired) electrons. The van der Waals surface area contributed by atoms with Crippen molar-refractivity contribution in [2.75, 3.05) is 42.2 Å². The molecule has 1 aliphatic carbocycles. The highest BCUT2D eigenvalue weighted by Crippen LogP contribution is 2.53. The Morgan fingerprint density at radius 2 is 1.52 bits per heavy atom. The summed E-state index contributed by atoms with van der Waals surface area (Å²) in [5, 5.41) is 0. The number of esters is 1. The van der Waals surface area contributed by atoms with E-state index in [4.69, 9.17) is 28.4 Å². The fourth-order valence-corrected chi connectivity index (χ4v) is 4.27. The maximum Gasteiger partial charge on any atom is 0.302 e. The van der Waals surface area contributed by atoms with Crippen molar-refractivity contribution in [1.29, 1.82) is 0 Å². The van der Waals surface area contributed by atoms with Crippen molar-refractivity contribution in [3.8, 4) is 28.7 Å². The average Bonchev–Trinajstić information content (AvgIpc) is 2.83. The Bertz CT molecular complexity index is 1090. The highest BCUT2D eigenvalue weighted by molar-refractivity contribution is 6.12. The van der Waals surface area contributed by atoms with E-state index in [0.717, 1.165) is 5.56 Å². The Balaban J connectivity index is 2.35. The molecule has 0 spiro atoms. The van der Waals surface area contributed by atoms with Gasteiger partial charge in [0.05, 0.1) is 42.2 Å². The Kier molecular flexibility index (Phi) is 7.16. The summed E-state index contributed by atoms with van der Waals surface area (Å²) in [7, 11) is 7.58. The summed E-state index contributed by atoms with van der Waals surface area (Å²) < 4.78 is 33.0. The van der Waals surface area contributed by atoms with Crippen LogP contribution in [0.3, 0.4) is 0 Å². The monoisotopic (exact) mass is 456 g/mol. The number of benzene rings is 2. The van der Waals surface area contributed by atoms with Crippen molar-refractivity contribution in [2.24, 2.45) is 5.92 Å². The first-order valence-corrected chi connectivity index (χ1v) is 10.2. The minimum Gasteiger partial charge on any atom is -0.493 e. The van der Waals surface area contributed by atoms with Gasteiger partial charge in [-0.1, -0.05) is 12.6 Å². The number of carbonyl (C=O) groups excluding carboxylic acids is 2. The maximum absolute atomic E-state index is 13.4. The fraction of sp³-hybridized carbons (Fsp3) is 0.360. The van der Waals surface area contributed by atoms with Gasteiger partial charge in [-0.15, -0.1) is 0 Å². The second kappa shape index (κ2) is 9.85. The lowest BCUT2D eigenvalue weighted by atomic mass is 9.69. The summed E-state index contributed by atoms with van der Waals surface area (Å²) >= 11 is 0. The van der Waals surface area contributed by atoms with E-state index in [1.165, 1.54) is 28.3 Å². The lowest BCUT2D eigenvalue weighted by Crippen LogP contribution is -2.32. The minimum atomic E-state index is -0.543. The van der Waals surface area contributed by atoms with Crippen LogP contribution in [0.5, 0.6) is 28.7 Å². The van der Waals surface area contributed by atoms with E-state index in [2.05, 4.69) is 6.58 Å². The molecule has 2 atom stereocenters. The van der Waals surface area contributed by atoms with Crippen LogP contribution in [0.15, 0.2) is 36.4 Å². The van der Waals surface area contributed by atoms with E-state index < -0.39 is 17.8 Å². The largest absolute Gasteiger partial charge is 0.493 e. The zero-order valence-electron chi connectivity index (χ0n) is 19.6. The predicted octanol–water partition coefficient (Wildman–Crippen LogP) is 3.79. The number of carbonyl (C=O) groups is 2. The van der Waals surface area contributed by atoms with Gasteiger partial charge in [0, 0.05) is 35.5 Å². The van der Waals surface area contributed by atoms with Gasteiger partial charge in [0.15, 0.2) is 28.8 Å². The first-order chi connectivity index (χ1) is 15.8. The van der Waals surface area contributed by atoms with Crippen LogP contribution in [0.2, 0.25) is 0 Å². The van der Waals surface area contributed by atoms with E-state index in [1.54, 1.807) is 26.4 Å². The molecule has 0 saturated carbocycles. The zero-order chi connectivity index (χ0) is 24.3. The standard InChI is InChI=1S/C25H28O8/c1-13-17(12-33-14(2)26)21(15-8-9-18(28-3)19(10-15)29-4)22-16(23(13)27)11-20(30-5)24(31-6)25(22)32-7/h8-11,17,21H,1,12H2,2-7H3/t17-,21+/m1/s1. The number of rotatable bonds is 8. The lowest BCUT2D eigenvalue weighted by Gasteiger charge is -2.36. The van der Waals surface area contributed by atoms with E-state index in [9.17, 15) is 9.59 Å². The molecule has 1 aliphatic rings. The van der Waals surface area contributed by atoms with Gasteiger partial charge < -0.3 is 28.4 Å². The van der Waals surface area contributed by atoms with Crippen molar-refractivity contribution < 1.29 is 38.0 Å². The predicted molar refractivity (Wildman–Crippen MR) is 121 cm³/mol. The molecule has 0 aliphatic heterocycles. The molecule has 0 fully saturated rings. The summed E-state index contributed by atoms with van der Waals surface area (Å²) in [4.78, 5) is 25.0. The molecular formula is C25H28O8. The van der Waals surface area contributed by atoms with Gasteiger partial charge in [-0.25, -0.2) is 0 Å². The molecule has 3 rings (SSSR count). The molecule has 8 heteroatoms. The SMILES string of the molecule is C=C1C(=O)c2cc(OC)c(OC)c(OC)c2[C@@H](c2ccc(OC)c(OC)c2)[C@@H]1COC(C)=O. The molecule has 0 heterocycles. The number of ketones is 1. The molecule has 176 valence electrons. The van der Waals surface area contributed by atoms with Gasteiger partial charge in [0.2, 0.25) is 5.75 Å². The minimum absolute atomic E-state index is 0.0319. The van der Waals surface area contributed by atoms with E-state index in [1.807, 2.05) is 12.1 Å². The van der Waals surface area contributed by atoms with Crippen LogP contribution in [0.1, 0.15) is 34.3 Å². The molecule has 0 amide bonds. The van der Waals surface area contributed by atoms with E-state index in [0.29, 0.717) is 45.4 Å². The summed E-state index contributed by atoms with van der Waals surface area (Å²) in [5.74, 6) is 0.421. The first kappa shape index (κ1) is 24.0. The number of methoxy groups -OCH3 is 5. The highest BCUT2D eigenvalue weighted by atomic mass is 16.5. The van der Waals surface area contributed by atoms with Crippen LogP contribution in [-0.4, -0.2) is 53.9 Å². The Morgan fingerprint density at radius 3 is 2.06 bits per heavy atom. The van der Waals surface area contributed by atoms with Gasteiger partial charge in [0.1, 0.15) is 0 Å². The molecular weight excluding hydrogens is 428 g/mol. The van der Waals surface area contributed by atoms with Gasteiger partial charge in [-0.3, -0.25) is 9.59 Å². The summed E-state index contributed by atoms with van der Waals surface area (Å²) in [6.45, 7) is 5.34. The quantitative estimate of drug-likeness (QED) is 0.438. The molecule has 0 saturated heterocycles. The van der Waals surface area contributed by atoms with Crippen molar-refractivity contribution in [1.82, 2.24) is 0 Å². The Labute approximate surface area is 193 Å². The smallest absolute Gasteiger partial charge is 0.302 e. The van der Waals surface area contributed by atoms with Crippen LogP contribution < -0.4 is 23.7 Å². The number of hydrogen-bond acceptors (Lipinski definition) is 8. The van der Waals surface area contributed by atoms with Crippen molar-refractivity contribution in [3.05, 3.63) is 53.1 Å². The number of ether oxygens (including phenoxy) is 6. The van der Waals surface area contributed by atoms with Gasteiger partial charge in [-0.05, 0) is 23.8 Å². The number of fused-ring (bicyclic) bond motifs is 1. The highest BCUT2D eigenvalue weighted by Gasteiger charge is 2.43. The van der Waals surface area contributed by atoms with E-state index >= 15 is 0 Å². The van der Waals surface area contributed by atoms with Crippen LogP contribution in [0.25, 0.3) is 0 Å². The maximum atomic E-state index is 13.4. The average molecular weight is 456 g/mol. The second-order valence-electron chi connectivity index (χ2n) is 7.46. The van der Waals surface area contributed by atoms with Crippen LogP contribution in [0, 0.1) is 5.92 Å². The number of Topliss-reactive ketones (excluding diaryl/α,β-unsaturated/α-hetero) is 1. The molecule has 0 unspecified atom stereocenters. The number of hydrogen-bond donors (Lipinski definition) is 0. The normalized spacial score (nSPS) is 17.2. The van der Waals surface area contributed by atoms with Gasteiger partial charge in [0.25, 0.3) is 0 Å². The van der Waals surface area contributed by atoms with Crippen LogP contribution in [0.4, 0.5) is 0 Å². The van der Waals surface area contributed by atoms with E-state index in [-0.39, 0.29) is 12.4 Å². The molecule has 0 N–H and O–H groups in total. The fourth-order valence-electron chi connectivity index (χ4n) is 4.27. The summed E-state index contributed by atoms with van der Waals surface area (Å²) in [5.41, 5.74) is 2.09. The summed E-state index contributed by atoms with van der Waals surface area (Å²) in [6, 6.07) is 7.10. The lowest BCUT2D eigenvalue weighted by molar-refractivity contribution is -0.142. The topological polar surface area (TPSA) is 89.5 Å². The van der Waals surface area contributed by atoms with Gasteiger partial charge in [-0.2, -0.15) is 0 Å². The van der Waals surface area contributed by atoms with Crippen molar-refractivity contribution >= 4 is 11.8 Å². The first-order valence-electron chi connectivity index (χ1n) is 10.2. The van der Waals surface area contributed by atoms with Gasteiger partial charge >= 0.3 is 5.97 Å². The Morgan fingerprint density at radius 1 is 0.879 bits per heavy atom. The van der Waals surface area contributed by atoms with Crippen LogP contribution in [-0.2, 0) is 9.53 Å². The molecule has 8 nitrogen and oxygen atoms in total. The third-order valence-corrected chi connectivity index (χ3v) is 5.80. The van der Waals surface area contributed by atoms with Crippen molar-refractivity contribution in [3.63, 3.8) is 0 Å².